The van der Waals surface area contributed by atoms with Crippen LogP contribution in [0.15, 0.2) is 35.1 Å². The predicted octanol–water partition coefficient (Wildman–Crippen LogP) is 2.86. The first-order chi connectivity index (χ1) is 10.4. The van der Waals surface area contributed by atoms with E-state index in [4.69, 9.17) is 0 Å². The van der Waals surface area contributed by atoms with Gasteiger partial charge in [-0.3, -0.25) is 14.3 Å². The first-order valence-electron chi connectivity index (χ1n) is 7.55. The number of benzene rings is 1. The molecule has 0 aliphatic heterocycles. The summed E-state index contributed by atoms with van der Waals surface area (Å²) >= 11 is 0. The average molecular weight is 301 g/mol. The van der Waals surface area contributed by atoms with Crippen molar-refractivity contribution in [1.29, 1.82) is 0 Å². The number of amides is 1. The number of hydrogen-bond donors (Lipinski definition) is 1. The van der Waals surface area contributed by atoms with Gasteiger partial charge in [0.1, 0.15) is 5.69 Å². The number of aromatic nitrogens is 2. The highest BCUT2D eigenvalue weighted by molar-refractivity contribution is 5.91. The van der Waals surface area contributed by atoms with Gasteiger partial charge in [-0.2, -0.15) is 0 Å². The second-order valence-corrected chi connectivity index (χ2v) is 5.92. The Hall–Kier alpha value is -2.30. The van der Waals surface area contributed by atoms with Crippen LogP contribution in [0.3, 0.4) is 0 Å². The first-order valence-corrected chi connectivity index (χ1v) is 7.55. The van der Waals surface area contributed by atoms with Crippen LogP contribution in [0, 0.1) is 12.8 Å². The van der Waals surface area contributed by atoms with Crippen LogP contribution in [-0.2, 0) is 11.8 Å². The Balaban J connectivity index is 2.31. The number of carbonyl (C=O) groups excluding carboxylic acids is 1. The lowest BCUT2D eigenvalue weighted by Gasteiger charge is -2.07. The van der Waals surface area contributed by atoms with Crippen molar-refractivity contribution in [3.8, 4) is 5.69 Å². The zero-order valence-corrected chi connectivity index (χ0v) is 13.6. The predicted molar refractivity (Wildman–Crippen MR) is 88.4 cm³/mol. The maximum atomic E-state index is 12.6. The fourth-order valence-electron chi connectivity index (χ4n) is 2.33. The van der Waals surface area contributed by atoms with Crippen LogP contribution in [0.4, 0.5) is 5.69 Å². The van der Waals surface area contributed by atoms with Gasteiger partial charge in [0.25, 0.3) is 5.56 Å². The van der Waals surface area contributed by atoms with Crippen LogP contribution in [0.2, 0.25) is 0 Å². The quantitative estimate of drug-likeness (QED) is 0.923. The molecule has 1 N–H and O–H groups in total. The van der Waals surface area contributed by atoms with E-state index in [-0.39, 0.29) is 11.5 Å². The summed E-state index contributed by atoms with van der Waals surface area (Å²) in [4.78, 5) is 24.6. The Bertz CT molecular complexity index is 711. The van der Waals surface area contributed by atoms with Gasteiger partial charge in [-0.15, -0.1) is 0 Å². The van der Waals surface area contributed by atoms with E-state index in [2.05, 4.69) is 19.2 Å². The Morgan fingerprint density at radius 3 is 2.45 bits per heavy atom. The fourth-order valence-corrected chi connectivity index (χ4v) is 2.33. The molecule has 0 aliphatic carbocycles. The summed E-state index contributed by atoms with van der Waals surface area (Å²) < 4.78 is 3.32. The minimum atomic E-state index is -0.205. The average Bonchev–Trinajstić information content (AvgIpc) is 2.70. The van der Waals surface area contributed by atoms with Gasteiger partial charge < -0.3 is 5.32 Å². The lowest BCUT2D eigenvalue weighted by Crippen LogP contribution is -2.23. The number of nitrogens with one attached hydrogen (secondary N) is 1. The molecule has 1 amide bonds. The number of hydrogen-bond acceptors (Lipinski definition) is 2. The fraction of sp³-hybridized carbons (Fsp3) is 0.412. The van der Waals surface area contributed by atoms with E-state index in [0.717, 1.165) is 17.8 Å². The molecular formula is C17H23N3O2. The minimum absolute atomic E-state index is 0.111. The maximum absolute atomic E-state index is 12.6. The maximum Gasteiger partial charge on any atom is 0.295 e. The molecule has 0 saturated heterocycles. The van der Waals surface area contributed by atoms with Crippen molar-refractivity contribution in [2.24, 2.45) is 13.0 Å². The molecular weight excluding hydrogens is 278 g/mol. The van der Waals surface area contributed by atoms with E-state index in [0.29, 0.717) is 18.0 Å². The Morgan fingerprint density at radius 2 is 1.86 bits per heavy atom. The van der Waals surface area contributed by atoms with Gasteiger partial charge in [-0.05, 0) is 31.4 Å². The highest BCUT2D eigenvalue weighted by atomic mass is 16.2. The van der Waals surface area contributed by atoms with Gasteiger partial charge in [0.2, 0.25) is 5.91 Å². The summed E-state index contributed by atoms with van der Waals surface area (Å²) in [6.45, 7) is 5.98. The standard InChI is InChI=1S/C17H23N3O2/c1-12(2)10-11-15(21)18-16-13(3)19(4)20(17(16)22)14-8-6-5-7-9-14/h5-9,12H,10-11H2,1-4H3,(H,18,21). The van der Waals surface area contributed by atoms with E-state index >= 15 is 0 Å². The van der Waals surface area contributed by atoms with Gasteiger partial charge >= 0.3 is 0 Å². The van der Waals surface area contributed by atoms with Crippen LogP contribution in [0.25, 0.3) is 5.69 Å². The molecule has 1 aromatic carbocycles. The van der Waals surface area contributed by atoms with Crippen molar-refractivity contribution >= 4 is 11.6 Å². The normalized spacial score (nSPS) is 11.0. The molecule has 0 unspecified atom stereocenters. The number of para-hydroxylation sites is 1. The van der Waals surface area contributed by atoms with E-state index in [1.807, 2.05) is 44.3 Å². The molecule has 0 radical (unpaired) electrons. The van der Waals surface area contributed by atoms with Gasteiger partial charge in [-0.1, -0.05) is 32.0 Å². The van der Waals surface area contributed by atoms with Crippen molar-refractivity contribution in [2.45, 2.75) is 33.6 Å². The molecule has 22 heavy (non-hydrogen) atoms. The van der Waals surface area contributed by atoms with Crippen LogP contribution in [0.1, 0.15) is 32.4 Å². The molecule has 0 atom stereocenters. The van der Waals surface area contributed by atoms with E-state index in [1.54, 1.807) is 9.36 Å². The Kier molecular flexibility index (Phi) is 4.85. The summed E-state index contributed by atoms with van der Waals surface area (Å²) in [5.41, 5.74) is 1.68. The third-order valence-electron chi connectivity index (χ3n) is 3.77. The molecule has 0 bridgehead atoms. The van der Waals surface area contributed by atoms with Crippen LogP contribution in [0.5, 0.6) is 0 Å². The van der Waals surface area contributed by atoms with Crippen LogP contribution >= 0.6 is 0 Å². The molecule has 118 valence electrons. The topological polar surface area (TPSA) is 56.0 Å². The summed E-state index contributed by atoms with van der Waals surface area (Å²) in [6.07, 6.45) is 1.24. The molecule has 0 spiro atoms. The number of carbonyl (C=O) groups is 1. The molecule has 2 rings (SSSR count). The second kappa shape index (κ2) is 6.64. The van der Waals surface area contributed by atoms with Crippen molar-refractivity contribution in [3.05, 3.63) is 46.4 Å². The molecule has 2 aromatic rings. The van der Waals surface area contributed by atoms with Crippen LogP contribution in [-0.4, -0.2) is 15.3 Å². The van der Waals surface area contributed by atoms with Crippen molar-refractivity contribution in [1.82, 2.24) is 9.36 Å². The van der Waals surface area contributed by atoms with Crippen molar-refractivity contribution in [3.63, 3.8) is 0 Å². The van der Waals surface area contributed by atoms with Crippen LogP contribution < -0.4 is 10.9 Å². The molecule has 5 nitrogen and oxygen atoms in total. The molecule has 1 aromatic heterocycles. The SMILES string of the molecule is Cc1c(NC(=O)CCC(C)C)c(=O)n(-c2ccccc2)n1C. The smallest absolute Gasteiger partial charge is 0.295 e. The highest BCUT2D eigenvalue weighted by Crippen LogP contribution is 2.14. The number of anilines is 1. The third-order valence-corrected chi connectivity index (χ3v) is 3.77. The van der Waals surface area contributed by atoms with Gasteiger partial charge in [-0.25, -0.2) is 4.68 Å². The third kappa shape index (κ3) is 3.30. The summed E-state index contributed by atoms with van der Waals surface area (Å²) in [5.74, 6) is 0.350. The molecule has 1 heterocycles. The summed E-state index contributed by atoms with van der Waals surface area (Å²) in [7, 11) is 1.81. The van der Waals surface area contributed by atoms with E-state index in [1.165, 1.54) is 0 Å². The Labute approximate surface area is 130 Å². The van der Waals surface area contributed by atoms with E-state index < -0.39 is 0 Å². The Morgan fingerprint density at radius 1 is 1.23 bits per heavy atom. The van der Waals surface area contributed by atoms with Crippen molar-refractivity contribution < 1.29 is 4.79 Å². The molecule has 0 fully saturated rings. The second-order valence-electron chi connectivity index (χ2n) is 5.92. The lowest BCUT2D eigenvalue weighted by atomic mass is 10.1. The monoisotopic (exact) mass is 301 g/mol. The van der Waals surface area contributed by atoms with E-state index in [9.17, 15) is 9.59 Å². The van der Waals surface area contributed by atoms with Crippen molar-refractivity contribution in [2.75, 3.05) is 5.32 Å². The molecule has 0 saturated carbocycles. The zero-order valence-electron chi connectivity index (χ0n) is 13.6. The zero-order chi connectivity index (χ0) is 16.3. The largest absolute Gasteiger partial charge is 0.320 e. The number of nitrogens with zero attached hydrogens (tertiary/aromatic N) is 2. The number of rotatable bonds is 5. The summed E-state index contributed by atoms with van der Waals surface area (Å²) in [6, 6.07) is 9.39. The van der Waals surface area contributed by atoms with Gasteiger partial charge in [0.15, 0.2) is 0 Å². The minimum Gasteiger partial charge on any atom is -0.320 e. The molecule has 5 heteroatoms. The summed E-state index contributed by atoms with van der Waals surface area (Å²) in [5, 5.41) is 2.77. The molecule has 0 aliphatic rings. The highest BCUT2D eigenvalue weighted by Gasteiger charge is 2.17. The van der Waals surface area contributed by atoms with Gasteiger partial charge in [0, 0.05) is 13.5 Å². The van der Waals surface area contributed by atoms with Gasteiger partial charge in [0.05, 0.1) is 11.4 Å². The lowest BCUT2D eigenvalue weighted by molar-refractivity contribution is -0.116. The first kappa shape index (κ1) is 16.1.